The van der Waals surface area contributed by atoms with E-state index in [0.717, 1.165) is 0 Å². The van der Waals surface area contributed by atoms with Gasteiger partial charge in [-0.1, -0.05) is 29.3 Å². The molecule has 0 saturated heterocycles. The van der Waals surface area contributed by atoms with E-state index in [1.807, 2.05) is 0 Å². The summed E-state index contributed by atoms with van der Waals surface area (Å²) >= 11 is 12.5. The highest BCUT2D eigenvalue weighted by Crippen LogP contribution is 2.37. The zero-order chi connectivity index (χ0) is 23.6. The normalized spacial score (nSPS) is 11.6. The lowest BCUT2D eigenvalue weighted by atomic mass is 10.1. The highest BCUT2D eigenvalue weighted by Gasteiger charge is 2.35. The molecule has 0 aliphatic carbocycles. The second-order valence-electron chi connectivity index (χ2n) is 8.49. The largest absolute Gasteiger partial charge is 0.496 e. The fourth-order valence-corrected chi connectivity index (χ4v) is 2.85. The van der Waals surface area contributed by atoms with Gasteiger partial charge in [0.1, 0.15) is 22.1 Å². The molecule has 0 fully saturated rings. The SMILES string of the molecule is COc1cccc(Cl)c1-c1cc(Cl)nc(N(C(=O)OC(C)(C)C)C(=O)OC(C)(C)C)n1. The van der Waals surface area contributed by atoms with Crippen LogP contribution in [0.15, 0.2) is 24.3 Å². The van der Waals surface area contributed by atoms with Crippen LogP contribution in [0.25, 0.3) is 11.3 Å². The van der Waals surface area contributed by atoms with E-state index in [9.17, 15) is 9.59 Å². The van der Waals surface area contributed by atoms with Crippen molar-refractivity contribution in [3.63, 3.8) is 0 Å². The van der Waals surface area contributed by atoms with Crippen molar-refractivity contribution in [2.45, 2.75) is 52.7 Å². The van der Waals surface area contributed by atoms with E-state index in [2.05, 4.69) is 9.97 Å². The Labute approximate surface area is 191 Å². The van der Waals surface area contributed by atoms with Crippen LogP contribution in [0, 0.1) is 0 Å². The number of nitrogens with zero attached hydrogens (tertiary/aromatic N) is 3. The van der Waals surface area contributed by atoms with Crippen LogP contribution in [-0.4, -0.2) is 40.5 Å². The van der Waals surface area contributed by atoms with Crippen LogP contribution in [0.2, 0.25) is 10.2 Å². The number of carbonyl (C=O) groups is 2. The number of hydrogen-bond acceptors (Lipinski definition) is 7. The van der Waals surface area contributed by atoms with Gasteiger partial charge in [0, 0.05) is 6.07 Å². The summed E-state index contributed by atoms with van der Waals surface area (Å²) in [4.78, 5) is 34.7. The summed E-state index contributed by atoms with van der Waals surface area (Å²) in [5.41, 5.74) is -1.10. The lowest BCUT2D eigenvalue weighted by molar-refractivity contribution is 0.0427. The van der Waals surface area contributed by atoms with Crippen LogP contribution in [0.4, 0.5) is 15.5 Å². The first-order chi connectivity index (χ1) is 14.2. The van der Waals surface area contributed by atoms with E-state index < -0.39 is 23.4 Å². The zero-order valence-corrected chi connectivity index (χ0v) is 20.0. The molecule has 31 heavy (non-hydrogen) atoms. The average molecular weight is 470 g/mol. The molecular weight excluding hydrogens is 445 g/mol. The topological polar surface area (TPSA) is 90.8 Å². The number of carbonyl (C=O) groups excluding carboxylic acids is 2. The maximum Gasteiger partial charge on any atom is 0.427 e. The van der Waals surface area contributed by atoms with Crippen molar-refractivity contribution >= 4 is 41.3 Å². The zero-order valence-electron chi connectivity index (χ0n) is 18.4. The third-order valence-electron chi connectivity index (χ3n) is 3.49. The van der Waals surface area contributed by atoms with Gasteiger partial charge in [0.25, 0.3) is 0 Å². The summed E-state index contributed by atoms with van der Waals surface area (Å²) in [5, 5.41) is 0.306. The molecule has 0 aliphatic rings. The molecule has 0 radical (unpaired) electrons. The molecule has 0 unspecified atom stereocenters. The summed E-state index contributed by atoms with van der Waals surface area (Å²) in [6, 6.07) is 6.49. The fraction of sp³-hybridized carbons (Fsp3) is 0.429. The van der Waals surface area contributed by atoms with Crippen LogP contribution in [0.3, 0.4) is 0 Å². The molecule has 1 heterocycles. The Bertz CT molecular complexity index is 956. The summed E-state index contributed by atoms with van der Waals surface area (Å²) in [6.07, 6.45) is -2.03. The van der Waals surface area contributed by atoms with E-state index >= 15 is 0 Å². The molecule has 2 amide bonds. The van der Waals surface area contributed by atoms with E-state index in [1.165, 1.54) is 13.2 Å². The number of benzene rings is 1. The Kier molecular flexibility index (Phi) is 7.39. The predicted octanol–water partition coefficient (Wildman–Crippen LogP) is 6.14. The molecule has 0 aliphatic heterocycles. The summed E-state index contributed by atoms with van der Waals surface area (Å²) in [5.74, 6) is 0.0993. The van der Waals surface area contributed by atoms with Crippen LogP contribution < -0.4 is 9.64 Å². The number of anilines is 1. The second-order valence-corrected chi connectivity index (χ2v) is 9.28. The van der Waals surface area contributed by atoms with Crippen molar-refractivity contribution < 1.29 is 23.8 Å². The quantitative estimate of drug-likeness (QED) is 0.498. The molecule has 0 spiro atoms. The van der Waals surface area contributed by atoms with E-state index in [4.69, 9.17) is 37.4 Å². The molecule has 8 nitrogen and oxygen atoms in total. The monoisotopic (exact) mass is 469 g/mol. The maximum absolute atomic E-state index is 12.9. The third-order valence-corrected chi connectivity index (χ3v) is 4.00. The second kappa shape index (κ2) is 9.28. The Morgan fingerprint density at radius 3 is 1.97 bits per heavy atom. The summed E-state index contributed by atoms with van der Waals surface area (Å²) in [6.45, 7) is 9.98. The molecule has 10 heteroatoms. The van der Waals surface area contributed by atoms with Crippen molar-refractivity contribution in [3.8, 4) is 17.0 Å². The van der Waals surface area contributed by atoms with Crippen LogP contribution in [0.1, 0.15) is 41.5 Å². The fourth-order valence-electron chi connectivity index (χ4n) is 2.41. The number of amides is 2. The molecule has 0 atom stereocenters. The standard InChI is InChI=1S/C21H25Cl2N3O5/c1-20(2,3)30-18(27)26(19(28)31-21(4,5)6)17-24-13(11-15(23)25-17)16-12(22)9-8-10-14(16)29-7/h8-11H,1-7H3. The molecule has 1 aromatic heterocycles. The summed E-state index contributed by atoms with van der Waals surface area (Å²) < 4.78 is 16.1. The lowest BCUT2D eigenvalue weighted by Crippen LogP contribution is -2.44. The molecular formula is C21H25Cl2N3O5. The number of halogens is 2. The number of ether oxygens (including phenoxy) is 3. The van der Waals surface area contributed by atoms with Crippen molar-refractivity contribution in [1.82, 2.24) is 9.97 Å². The van der Waals surface area contributed by atoms with Gasteiger partial charge in [-0.15, -0.1) is 4.90 Å². The van der Waals surface area contributed by atoms with Crippen LogP contribution >= 0.6 is 23.2 Å². The van der Waals surface area contributed by atoms with Crippen LogP contribution in [-0.2, 0) is 9.47 Å². The minimum Gasteiger partial charge on any atom is -0.496 e. The number of rotatable bonds is 3. The molecule has 1 aromatic carbocycles. The molecule has 0 saturated carbocycles. The van der Waals surface area contributed by atoms with Gasteiger partial charge in [-0.2, -0.15) is 4.98 Å². The van der Waals surface area contributed by atoms with Gasteiger partial charge in [0.15, 0.2) is 0 Å². The third kappa shape index (κ3) is 6.70. The highest BCUT2D eigenvalue weighted by atomic mass is 35.5. The van der Waals surface area contributed by atoms with Crippen molar-refractivity contribution in [2.24, 2.45) is 0 Å². The van der Waals surface area contributed by atoms with E-state index in [-0.39, 0.29) is 16.8 Å². The number of imide groups is 1. The first-order valence-electron chi connectivity index (χ1n) is 9.35. The molecule has 168 valence electrons. The Balaban J connectivity index is 2.64. The first kappa shape index (κ1) is 24.7. The van der Waals surface area contributed by atoms with Gasteiger partial charge in [-0.3, -0.25) is 0 Å². The number of hydrogen-bond donors (Lipinski definition) is 0. The average Bonchev–Trinajstić information content (AvgIpc) is 2.57. The van der Waals surface area contributed by atoms with E-state index in [0.29, 0.717) is 21.2 Å². The molecule has 0 bridgehead atoms. The van der Waals surface area contributed by atoms with Gasteiger partial charge in [-0.25, -0.2) is 14.6 Å². The minimum absolute atomic E-state index is 0.0286. The first-order valence-corrected chi connectivity index (χ1v) is 10.1. The lowest BCUT2D eigenvalue weighted by Gasteiger charge is -2.27. The van der Waals surface area contributed by atoms with Crippen molar-refractivity contribution in [2.75, 3.05) is 12.0 Å². The Morgan fingerprint density at radius 2 is 1.48 bits per heavy atom. The molecule has 2 rings (SSSR count). The van der Waals surface area contributed by atoms with Gasteiger partial charge in [-0.05, 0) is 53.7 Å². The van der Waals surface area contributed by atoms with E-state index in [1.54, 1.807) is 59.7 Å². The van der Waals surface area contributed by atoms with Crippen LogP contribution in [0.5, 0.6) is 5.75 Å². The van der Waals surface area contributed by atoms with Gasteiger partial charge >= 0.3 is 12.2 Å². The minimum atomic E-state index is -1.01. The van der Waals surface area contributed by atoms with Gasteiger partial charge < -0.3 is 14.2 Å². The molecule has 2 aromatic rings. The Hall–Kier alpha value is -2.58. The van der Waals surface area contributed by atoms with Crippen molar-refractivity contribution in [3.05, 3.63) is 34.4 Å². The van der Waals surface area contributed by atoms with Crippen molar-refractivity contribution in [1.29, 1.82) is 0 Å². The summed E-state index contributed by atoms with van der Waals surface area (Å²) in [7, 11) is 1.48. The highest BCUT2D eigenvalue weighted by molar-refractivity contribution is 6.34. The molecule has 0 N–H and O–H groups in total. The van der Waals surface area contributed by atoms with Gasteiger partial charge in [0.2, 0.25) is 5.95 Å². The number of aromatic nitrogens is 2. The predicted molar refractivity (Wildman–Crippen MR) is 119 cm³/mol. The Morgan fingerprint density at radius 1 is 0.935 bits per heavy atom. The number of methoxy groups -OCH3 is 1. The van der Waals surface area contributed by atoms with Gasteiger partial charge in [0.05, 0.1) is 23.4 Å². The maximum atomic E-state index is 12.9. The smallest absolute Gasteiger partial charge is 0.427 e.